The van der Waals surface area contributed by atoms with Crippen LogP contribution in [0.4, 0.5) is 0 Å². The molecule has 0 radical (unpaired) electrons. The molecule has 6 heteroatoms. The Hall–Kier alpha value is -0.360. The van der Waals surface area contributed by atoms with Crippen LogP contribution in [0.5, 0.6) is 0 Å². The predicted molar refractivity (Wildman–Crippen MR) is 78.2 cm³/mol. The summed E-state index contributed by atoms with van der Waals surface area (Å²) in [5.74, 6) is 0. The first-order valence-corrected chi connectivity index (χ1v) is 5.29. The van der Waals surface area contributed by atoms with E-state index in [4.69, 9.17) is 11.5 Å². The molecule has 0 amide bonds. The largest absolute Gasteiger partial charge is 0.384 e. The predicted octanol–water partition coefficient (Wildman–Crippen LogP) is 0.863. The Morgan fingerprint density at radius 2 is 1.06 bits per heavy atom. The Balaban J connectivity index is 0. The van der Waals surface area contributed by atoms with Crippen LogP contribution in [-0.2, 0) is 11.2 Å². The monoisotopic (exact) mass is 296 g/mol. The van der Waals surface area contributed by atoms with E-state index in [0.717, 1.165) is 11.1 Å². The molecule has 0 saturated carbocycles. The number of nitrogens with two attached hydrogens (primary N) is 2. The van der Waals surface area contributed by atoms with E-state index in [1.54, 1.807) is 38.1 Å². The quantitative estimate of drug-likeness (QED) is 0.663. The molecule has 4 nitrogen and oxygen atoms in total. The van der Waals surface area contributed by atoms with Gasteiger partial charge in [-0.25, -0.2) is 0 Å². The van der Waals surface area contributed by atoms with Gasteiger partial charge in [0.05, 0.1) is 11.2 Å². The van der Waals surface area contributed by atoms with Gasteiger partial charge in [0.2, 0.25) is 0 Å². The summed E-state index contributed by atoms with van der Waals surface area (Å²) < 4.78 is 0. The highest BCUT2D eigenvalue weighted by atomic mass is 35.5. The Kier molecular flexibility index (Phi) is 8.08. The van der Waals surface area contributed by atoms with Crippen LogP contribution in [0, 0.1) is 0 Å². The van der Waals surface area contributed by atoms with Crippen LogP contribution in [0.2, 0.25) is 0 Å². The van der Waals surface area contributed by atoms with Gasteiger partial charge in [0.25, 0.3) is 0 Å². The first-order chi connectivity index (χ1) is 7.33. The zero-order valence-corrected chi connectivity index (χ0v) is 12.2. The Labute approximate surface area is 120 Å². The Morgan fingerprint density at radius 3 is 1.22 bits per heavy atom. The molecule has 0 aromatic heterocycles. The SMILES string of the molecule is CC(O)(CN)c1ccc(C(C)(O)CN)cc1.Cl.Cl. The molecule has 1 aromatic carbocycles. The minimum atomic E-state index is -1.03. The summed E-state index contributed by atoms with van der Waals surface area (Å²) in [4.78, 5) is 0. The zero-order chi connectivity index (χ0) is 12.4. The van der Waals surface area contributed by atoms with Gasteiger partial charge in [-0.05, 0) is 25.0 Å². The standard InChI is InChI=1S/C12H20N2O2.2ClH/c1-11(15,7-13)9-3-5-10(6-4-9)12(2,16)8-14;;/h3-6,15-16H,7-8,13-14H2,1-2H3;2*1H. The lowest BCUT2D eigenvalue weighted by molar-refractivity contribution is 0.0628. The number of hydrogen-bond acceptors (Lipinski definition) is 4. The van der Waals surface area contributed by atoms with Crippen molar-refractivity contribution in [2.75, 3.05) is 13.1 Å². The van der Waals surface area contributed by atoms with Crippen LogP contribution in [0.3, 0.4) is 0 Å². The molecular formula is C12H22Cl2N2O2. The average Bonchev–Trinajstić information content (AvgIpc) is 2.29. The Bertz CT molecular complexity index is 319. The van der Waals surface area contributed by atoms with Gasteiger partial charge < -0.3 is 21.7 Å². The van der Waals surface area contributed by atoms with Gasteiger partial charge in [0.1, 0.15) is 0 Å². The molecule has 6 N–H and O–H groups in total. The van der Waals surface area contributed by atoms with Gasteiger partial charge in [-0.15, -0.1) is 24.8 Å². The minimum absolute atomic E-state index is 0. The van der Waals surface area contributed by atoms with Gasteiger partial charge in [0.15, 0.2) is 0 Å². The number of halogens is 2. The summed E-state index contributed by atoms with van der Waals surface area (Å²) in [5, 5.41) is 19.9. The second kappa shape index (κ2) is 7.28. The molecule has 2 atom stereocenters. The fourth-order valence-electron chi connectivity index (χ4n) is 1.42. The third-order valence-electron chi connectivity index (χ3n) is 2.92. The van der Waals surface area contributed by atoms with Crippen molar-refractivity contribution in [2.24, 2.45) is 11.5 Å². The maximum atomic E-state index is 9.93. The lowest BCUT2D eigenvalue weighted by Crippen LogP contribution is -2.33. The van der Waals surface area contributed by atoms with Crippen LogP contribution in [0.25, 0.3) is 0 Å². The lowest BCUT2D eigenvalue weighted by Gasteiger charge is -2.25. The molecule has 0 fully saturated rings. The highest BCUT2D eigenvalue weighted by Gasteiger charge is 2.24. The smallest absolute Gasteiger partial charge is 0.0990 e. The van der Waals surface area contributed by atoms with Gasteiger partial charge in [0, 0.05) is 13.1 Å². The fraction of sp³-hybridized carbons (Fsp3) is 0.500. The minimum Gasteiger partial charge on any atom is -0.384 e. The highest BCUT2D eigenvalue weighted by molar-refractivity contribution is 5.85. The van der Waals surface area contributed by atoms with Crippen molar-refractivity contribution >= 4 is 24.8 Å². The summed E-state index contributed by atoms with van der Waals surface area (Å²) in [5.41, 5.74) is 10.3. The summed E-state index contributed by atoms with van der Waals surface area (Å²) >= 11 is 0. The molecule has 1 aromatic rings. The van der Waals surface area contributed by atoms with Crippen molar-refractivity contribution in [3.63, 3.8) is 0 Å². The van der Waals surface area contributed by atoms with Gasteiger partial charge >= 0.3 is 0 Å². The molecule has 0 bridgehead atoms. The van der Waals surface area contributed by atoms with Crippen LogP contribution in [0.15, 0.2) is 24.3 Å². The molecule has 106 valence electrons. The highest BCUT2D eigenvalue weighted by Crippen LogP contribution is 2.24. The van der Waals surface area contributed by atoms with Gasteiger partial charge in [-0.2, -0.15) is 0 Å². The van der Waals surface area contributed by atoms with Crippen molar-refractivity contribution in [1.29, 1.82) is 0 Å². The third kappa shape index (κ3) is 4.39. The maximum Gasteiger partial charge on any atom is 0.0990 e. The van der Waals surface area contributed by atoms with E-state index in [2.05, 4.69) is 0 Å². The first-order valence-electron chi connectivity index (χ1n) is 5.29. The van der Waals surface area contributed by atoms with Crippen molar-refractivity contribution in [3.05, 3.63) is 35.4 Å². The summed E-state index contributed by atoms with van der Waals surface area (Å²) in [6.07, 6.45) is 0. The first kappa shape index (κ1) is 20.0. The molecule has 0 heterocycles. The van der Waals surface area contributed by atoms with E-state index in [-0.39, 0.29) is 37.9 Å². The normalized spacial score (nSPS) is 16.8. The third-order valence-corrected chi connectivity index (χ3v) is 2.92. The number of benzene rings is 1. The van der Waals surface area contributed by atoms with E-state index >= 15 is 0 Å². The molecule has 2 unspecified atom stereocenters. The summed E-state index contributed by atoms with van der Waals surface area (Å²) in [6, 6.07) is 7.03. The van der Waals surface area contributed by atoms with E-state index < -0.39 is 11.2 Å². The van der Waals surface area contributed by atoms with Crippen molar-refractivity contribution in [1.82, 2.24) is 0 Å². The molecule has 1 rings (SSSR count). The van der Waals surface area contributed by atoms with E-state index in [0.29, 0.717) is 0 Å². The van der Waals surface area contributed by atoms with Crippen LogP contribution >= 0.6 is 24.8 Å². The van der Waals surface area contributed by atoms with Crippen LogP contribution < -0.4 is 11.5 Å². The molecule has 18 heavy (non-hydrogen) atoms. The maximum absolute atomic E-state index is 9.93. The van der Waals surface area contributed by atoms with Crippen LogP contribution in [-0.4, -0.2) is 23.3 Å². The number of rotatable bonds is 4. The second-order valence-electron chi connectivity index (χ2n) is 4.53. The summed E-state index contributed by atoms with van der Waals surface area (Å²) in [6.45, 7) is 3.62. The molecule has 0 aliphatic heterocycles. The van der Waals surface area contributed by atoms with Crippen LogP contribution in [0.1, 0.15) is 25.0 Å². The topological polar surface area (TPSA) is 92.5 Å². The van der Waals surface area contributed by atoms with Crippen molar-refractivity contribution < 1.29 is 10.2 Å². The van der Waals surface area contributed by atoms with Crippen molar-refractivity contribution in [3.8, 4) is 0 Å². The van der Waals surface area contributed by atoms with E-state index in [1.165, 1.54) is 0 Å². The van der Waals surface area contributed by atoms with Crippen molar-refractivity contribution in [2.45, 2.75) is 25.0 Å². The lowest BCUT2D eigenvalue weighted by atomic mass is 9.91. The van der Waals surface area contributed by atoms with Gasteiger partial charge in [-0.3, -0.25) is 0 Å². The van der Waals surface area contributed by atoms with E-state index in [9.17, 15) is 10.2 Å². The molecule has 0 spiro atoms. The molecule has 0 aliphatic carbocycles. The number of hydrogen-bond donors (Lipinski definition) is 4. The Morgan fingerprint density at radius 1 is 0.833 bits per heavy atom. The second-order valence-corrected chi connectivity index (χ2v) is 4.53. The average molecular weight is 297 g/mol. The number of aliphatic hydroxyl groups is 2. The van der Waals surface area contributed by atoms with Gasteiger partial charge in [-0.1, -0.05) is 24.3 Å². The fourth-order valence-corrected chi connectivity index (χ4v) is 1.42. The molecule has 0 saturated heterocycles. The summed E-state index contributed by atoms with van der Waals surface area (Å²) in [7, 11) is 0. The molecular weight excluding hydrogens is 275 g/mol. The molecule has 0 aliphatic rings. The zero-order valence-electron chi connectivity index (χ0n) is 10.6. The van der Waals surface area contributed by atoms with E-state index in [1.807, 2.05) is 0 Å².